The summed E-state index contributed by atoms with van der Waals surface area (Å²) in [5, 5.41) is 2.51. The topological polar surface area (TPSA) is 89.3 Å². The summed E-state index contributed by atoms with van der Waals surface area (Å²) < 4.78 is 0. The van der Waals surface area contributed by atoms with Crippen LogP contribution in [0.3, 0.4) is 0 Å². The molecule has 118 valence electrons. The number of hydrogen-bond donors (Lipinski definition) is 2. The maximum atomic E-state index is 12.3. The van der Waals surface area contributed by atoms with Gasteiger partial charge in [-0.3, -0.25) is 14.4 Å². The second kappa shape index (κ2) is 7.35. The van der Waals surface area contributed by atoms with E-state index >= 15 is 0 Å². The van der Waals surface area contributed by atoms with E-state index in [1.54, 1.807) is 36.4 Å². The fourth-order valence-corrected chi connectivity index (χ4v) is 2.25. The molecule has 2 aromatic carbocycles. The Morgan fingerprint density at radius 2 is 1.52 bits per heavy atom. The molecule has 2 amide bonds. The summed E-state index contributed by atoms with van der Waals surface area (Å²) in [6, 6.07) is 15.2. The highest BCUT2D eigenvalue weighted by Crippen LogP contribution is 2.12. The number of nitrogens with two attached hydrogens (primary N) is 1. The van der Waals surface area contributed by atoms with Crippen LogP contribution < -0.4 is 11.1 Å². The third-order valence-electron chi connectivity index (χ3n) is 3.41. The first-order valence-electron chi connectivity index (χ1n) is 7.22. The molecule has 0 aliphatic carbocycles. The van der Waals surface area contributed by atoms with Crippen molar-refractivity contribution in [3.05, 3.63) is 71.3 Å². The van der Waals surface area contributed by atoms with Crippen LogP contribution in [0, 0.1) is 0 Å². The number of benzene rings is 2. The number of carbonyl (C=O) groups excluding carboxylic acids is 3. The van der Waals surface area contributed by atoms with E-state index in [1.807, 2.05) is 18.2 Å². The Morgan fingerprint density at radius 1 is 0.957 bits per heavy atom. The summed E-state index contributed by atoms with van der Waals surface area (Å²) in [6.45, 7) is 1.33. The molecule has 0 aliphatic rings. The van der Waals surface area contributed by atoms with Gasteiger partial charge in [0.25, 0.3) is 0 Å². The summed E-state index contributed by atoms with van der Waals surface area (Å²) >= 11 is 0. The molecule has 0 saturated heterocycles. The van der Waals surface area contributed by atoms with E-state index in [4.69, 9.17) is 5.73 Å². The number of rotatable bonds is 6. The van der Waals surface area contributed by atoms with Gasteiger partial charge in [-0.2, -0.15) is 0 Å². The molecule has 0 radical (unpaired) electrons. The molecule has 23 heavy (non-hydrogen) atoms. The first kappa shape index (κ1) is 16.4. The fourth-order valence-electron chi connectivity index (χ4n) is 2.25. The minimum atomic E-state index is -0.761. The summed E-state index contributed by atoms with van der Waals surface area (Å²) in [5.74, 6) is -0.972. The molecule has 0 spiro atoms. The monoisotopic (exact) mass is 310 g/mol. The second-order valence-electron chi connectivity index (χ2n) is 5.25. The zero-order valence-electron chi connectivity index (χ0n) is 12.8. The van der Waals surface area contributed by atoms with Crippen LogP contribution in [0.15, 0.2) is 54.6 Å². The highest BCUT2D eigenvalue weighted by atomic mass is 16.2. The SMILES string of the molecule is CC(=O)N[C@H](Cc1ccc(C(=O)c2ccccc2)cc1)C(N)=O. The number of ketones is 1. The quantitative estimate of drug-likeness (QED) is 0.791. The number of carbonyl (C=O) groups is 3. The molecule has 3 N–H and O–H groups in total. The number of primary amides is 1. The summed E-state index contributed by atoms with van der Waals surface area (Å²) in [6.07, 6.45) is 0.286. The van der Waals surface area contributed by atoms with Gasteiger partial charge in [0.15, 0.2) is 5.78 Å². The molecule has 0 bridgehead atoms. The van der Waals surface area contributed by atoms with Gasteiger partial charge in [-0.1, -0.05) is 54.6 Å². The lowest BCUT2D eigenvalue weighted by molar-refractivity contribution is -0.126. The standard InChI is InChI=1S/C18H18N2O3/c1-12(21)20-16(18(19)23)11-13-7-9-15(10-8-13)17(22)14-5-3-2-4-6-14/h2-10,16H,11H2,1H3,(H2,19,23)(H,20,21)/t16-/m1/s1. The third kappa shape index (κ3) is 4.51. The maximum absolute atomic E-state index is 12.3. The summed E-state index contributed by atoms with van der Waals surface area (Å²) in [5.41, 5.74) is 7.28. The first-order valence-corrected chi connectivity index (χ1v) is 7.22. The van der Waals surface area contributed by atoms with E-state index in [1.165, 1.54) is 6.92 Å². The van der Waals surface area contributed by atoms with Crippen LogP contribution in [0.2, 0.25) is 0 Å². The van der Waals surface area contributed by atoms with Crippen LogP contribution in [-0.2, 0) is 16.0 Å². The van der Waals surface area contributed by atoms with Crippen LogP contribution in [0.5, 0.6) is 0 Å². The molecule has 0 aliphatic heterocycles. The van der Waals surface area contributed by atoms with Crippen molar-refractivity contribution in [1.82, 2.24) is 5.32 Å². The van der Waals surface area contributed by atoms with E-state index in [2.05, 4.69) is 5.32 Å². The van der Waals surface area contributed by atoms with Gasteiger partial charge < -0.3 is 11.1 Å². The Morgan fingerprint density at radius 3 is 2.04 bits per heavy atom. The molecular formula is C18H18N2O3. The van der Waals surface area contributed by atoms with Crippen LogP contribution in [-0.4, -0.2) is 23.6 Å². The van der Waals surface area contributed by atoms with Crippen LogP contribution in [0.25, 0.3) is 0 Å². The van der Waals surface area contributed by atoms with Gasteiger partial charge >= 0.3 is 0 Å². The summed E-state index contributed by atoms with van der Waals surface area (Å²) in [4.78, 5) is 34.7. The second-order valence-corrected chi connectivity index (χ2v) is 5.25. The van der Waals surface area contributed by atoms with Gasteiger partial charge in [-0.15, -0.1) is 0 Å². The number of amides is 2. The smallest absolute Gasteiger partial charge is 0.240 e. The van der Waals surface area contributed by atoms with Crippen molar-refractivity contribution in [2.45, 2.75) is 19.4 Å². The lowest BCUT2D eigenvalue weighted by Crippen LogP contribution is -2.44. The normalized spacial score (nSPS) is 11.5. The van der Waals surface area contributed by atoms with Crippen LogP contribution >= 0.6 is 0 Å². The zero-order valence-corrected chi connectivity index (χ0v) is 12.8. The van der Waals surface area contributed by atoms with E-state index in [0.29, 0.717) is 11.1 Å². The molecular weight excluding hydrogens is 292 g/mol. The Kier molecular flexibility index (Phi) is 5.25. The molecule has 1 atom stereocenters. The lowest BCUT2D eigenvalue weighted by Gasteiger charge is -2.14. The molecule has 0 fully saturated rings. The molecule has 0 saturated carbocycles. The fraction of sp³-hybridized carbons (Fsp3) is 0.167. The predicted octanol–water partition coefficient (Wildman–Crippen LogP) is 1.45. The highest BCUT2D eigenvalue weighted by Gasteiger charge is 2.17. The zero-order chi connectivity index (χ0) is 16.8. The largest absolute Gasteiger partial charge is 0.368 e. The third-order valence-corrected chi connectivity index (χ3v) is 3.41. The molecule has 5 heteroatoms. The van der Waals surface area contributed by atoms with Gasteiger partial charge in [0.2, 0.25) is 11.8 Å². The maximum Gasteiger partial charge on any atom is 0.240 e. The molecule has 0 unspecified atom stereocenters. The number of nitrogens with one attached hydrogen (secondary N) is 1. The Hall–Kier alpha value is -2.95. The van der Waals surface area contributed by atoms with Crippen molar-refractivity contribution >= 4 is 17.6 Å². The highest BCUT2D eigenvalue weighted by molar-refractivity contribution is 6.08. The van der Waals surface area contributed by atoms with Gasteiger partial charge in [0.05, 0.1) is 0 Å². The molecule has 5 nitrogen and oxygen atoms in total. The molecule has 0 heterocycles. The van der Waals surface area contributed by atoms with Gasteiger partial charge in [0.1, 0.15) is 6.04 Å². The van der Waals surface area contributed by atoms with Gasteiger partial charge in [-0.25, -0.2) is 0 Å². The summed E-state index contributed by atoms with van der Waals surface area (Å²) in [7, 11) is 0. The lowest BCUT2D eigenvalue weighted by atomic mass is 9.99. The van der Waals surface area contributed by atoms with Crippen molar-refractivity contribution in [2.75, 3.05) is 0 Å². The van der Waals surface area contributed by atoms with Crippen molar-refractivity contribution in [3.63, 3.8) is 0 Å². The Balaban J connectivity index is 2.11. The van der Waals surface area contributed by atoms with Gasteiger partial charge in [-0.05, 0) is 5.56 Å². The molecule has 2 rings (SSSR count). The molecule has 0 aromatic heterocycles. The average molecular weight is 310 g/mol. The van der Waals surface area contributed by atoms with E-state index in [0.717, 1.165) is 5.56 Å². The minimum Gasteiger partial charge on any atom is -0.368 e. The predicted molar refractivity (Wildman–Crippen MR) is 86.8 cm³/mol. The first-order chi connectivity index (χ1) is 11.0. The van der Waals surface area contributed by atoms with Crippen molar-refractivity contribution in [2.24, 2.45) is 5.73 Å². The Bertz CT molecular complexity index is 709. The Labute approximate surface area is 134 Å². The van der Waals surface area contributed by atoms with E-state index in [9.17, 15) is 14.4 Å². The van der Waals surface area contributed by atoms with E-state index < -0.39 is 11.9 Å². The van der Waals surface area contributed by atoms with Crippen LogP contribution in [0.1, 0.15) is 28.4 Å². The van der Waals surface area contributed by atoms with Crippen molar-refractivity contribution in [3.8, 4) is 0 Å². The van der Waals surface area contributed by atoms with Gasteiger partial charge in [0, 0.05) is 24.5 Å². The van der Waals surface area contributed by atoms with Crippen LogP contribution in [0.4, 0.5) is 0 Å². The average Bonchev–Trinajstić information content (AvgIpc) is 2.54. The van der Waals surface area contributed by atoms with Crippen molar-refractivity contribution < 1.29 is 14.4 Å². The van der Waals surface area contributed by atoms with Crippen molar-refractivity contribution in [1.29, 1.82) is 0 Å². The molecule has 2 aromatic rings. The number of hydrogen-bond acceptors (Lipinski definition) is 3. The minimum absolute atomic E-state index is 0.0644. The van der Waals surface area contributed by atoms with E-state index in [-0.39, 0.29) is 18.1 Å².